The standard InChI is InChI=1S/C28H28N2O4S/c1-29-25-14-13-23(19-24(25)26(28(29)31)20-15-17-34-18-16-20)35(32,33)30(2)27(21-9-5-3-6-10-21)22-11-7-4-8-12-22/h3-14,19,27H,15-18H2,1-2H3. The number of ether oxygens (including phenoxy) is 1. The fraction of sp³-hybridized carbons (Fsp3) is 0.250. The molecule has 180 valence electrons. The maximum atomic E-state index is 14.0. The molecule has 0 radical (unpaired) electrons. The normalized spacial score (nSPS) is 16.3. The van der Waals surface area contributed by atoms with Crippen LogP contribution in [0.3, 0.4) is 0 Å². The fourth-order valence-corrected chi connectivity index (χ4v) is 6.32. The molecule has 6 nitrogen and oxygen atoms in total. The van der Waals surface area contributed by atoms with Gasteiger partial charge in [0.1, 0.15) is 0 Å². The van der Waals surface area contributed by atoms with Crippen LogP contribution in [0.2, 0.25) is 0 Å². The molecule has 2 aliphatic rings. The largest absolute Gasteiger partial charge is 0.381 e. The van der Waals surface area contributed by atoms with E-state index in [-0.39, 0.29) is 10.8 Å². The number of sulfonamides is 1. The lowest BCUT2D eigenvalue weighted by Gasteiger charge is -2.28. The lowest BCUT2D eigenvalue weighted by molar-refractivity contribution is -0.112. The van der Waals surface area contributed by atoms with Crippen LogP contribution in [0.1, 0.15) is 35.6 Å². The zero-order chi connectivity index (χ0) is 24.6. The van der Waals surface area contributed by atoms with Crippen LogP contribution in [0.15, 0.2) is 89.3 Å². The van der Waals surface area contributed by atoms with Gasteiger partial charge in [0.25, 0.3) is 5.91 Å². The summed E-state index contributed by atoms with van der Waals surface area (Å²) in [6, 6.07) is 23.7. The lowest BCUT2D eigenvalue weighted by atomic mass is 9.96. The third-order valence-electron chi connectivity index (χ3n) is 6.84. The highest BCUT2D eigenvalue weighted by atomic mass is 32.2. The van der Waals surface area contributed by atoms with Crippen molar-refractivity contribution in [3.63, 3.8) is 0 Å². The predicted molar refractivity (Wildman–Crippen MR) is 137 cm³/mol. The Bertz CT molecular complexity index is 1340. The molecule has 0 spiro atoms. The second kappa shape index (κ2) is 9.41. The summed E-state index contributed by atoms with van der Waals surface area (Å²) in [6.45, 7) is 1.14. The molecule has 35 heavy (non-hydrogen) atoms. The summed E-state index contributed by atoms with van der Waals surface area (Å²) in [5, 5.41) is 0. The smallest absolute Gasteiger partial charge is 0.258 e. The van der Waals surface area contributed by atoms with E-state index < -0.39 is 16.1 Å². The highest BCUT2D eigenvalue weighted by Crippen LogP contribution is 2.42. The number of carbonyl (C=O) groups excluding carboxylic acids is 1. The minimum atomic E-state index is -3.89. The molecule has 1 amide bonds. The summed E-state index contributed by atoms with van der Waals surface area (Å²) in [6.07, 6.45) is 1.35. The SMILES string of the molecule is CN1C(=O)C(=C2CCOCC2)c2cc(S(=O)(=O)N(C)C(c3ccccc3)c3ccccc3)ccc21. The third kappa shape index (κ3) is 4.20. The van der Waals surface area contributed by atoms with Gasteiger partial charge in [-0.05, 0) is 42.2 Å². The van der Waals surface area contributed by atoms with Crippen LogP contribution < -0.4 is 4.90 Å². The van der Waals surface area contributed by atoms with Crippen molar-refractivity contribution in [3.05, 3.63) is 101 Å². The summed E-state index contributed by atoms with van der Waals surface area (Å²) < 4.78 is 34.8. The van der Waals surface area contributed by atoms with Crippen molar-refractivity contribution < 1.29 is 17.9 Å². The first-order valence-corrected chi connectivity index (χ1v) is 13.1. The number of anilines is 1. The third-order valence-corrected chi connectivity index (χ3v) is 8.66. The molecule has 2 aliphatic heterocycles. The van der Waals surface area contributed by atoms with E-state index in [1.54, 1.807) is 37.2 Å². The molecule has 0 bridgehead atoms. The van der Waals surface area contributed by atoms with E-state index in [1.807, 2.05) is 60.7 Å². The molecule has 0 atom stereocenters. The van der Waals surface area contributed by atoms with Gasteiger partial charge >= 0.3 is 0 Å². The first-order valence-electron chi connectivity index (χ1n) is 11.7. The number of likely N-dealkylation sites (N-methyl/N-ethyl adjacent to an activating group) is 1. The summed E-state index contributed by atoms with van der Waals surface area (Å²) in [7, 11) is -0.544. The first kappa shape index (κ1) is 23.5. The van der Waals surface area contributed by atoms with Gasteiger partial charge in [0.2, 0.25) is 10.0 Å². The predicted octanol–water partition coefficient (Wildman–Crippen LogP) is 4.64. The summed E-state index contributed by atoms with van der Waals surface area (Å²) in [5.74, 6) is -0.0914. The summed E-state index contributed by atoms with van der Waals surface area (Å²) >= 11 is 0. The van der Waals surface area contributed by atoms with Gasteiger partial charge in [0.05, 0.1) is 29.8 Å². The van der Waals surface area contributed by atoms with Crippen LogP contribution in [-0.2, 0) is 19.6 Å². The van der Waals surface area contributed by atoms with Crippen molar-refractivity contribution in [2.45, 2.75) is 23.8 Å². The van der Waals surface area contributed by atoms with E-state index in [0.29, 0.717) is 37.2 Å². The van der Waals surface area contributed by atoms with E-state index in [1.165, 1.54) is 4.31 Å². The molecule has 2 heterocycles. The molecule has 1 fully saturated rings. The Morgan fingerprint density at radius 2 is 1.46 bits per heavy atom. The van der Waals surface area contributed by atoms with Crippen LogP contribution in [0.5, 0.6) is 0 Å². The van der Waals surface area contributed by atoms with Crippen molar-refractivity contribution in [3.8, 4) is 0 Å². The van der Waals surface area contributed by atoms with Crippen molar-refractivity contribution in [1.29, 1.82) is 0 Å². The van der Waals surface area contributed by atoms with Gasteiger partial charge in [-0.2, -0.15) is 4.31 Å². The van der Waals surface area contributed by atoms with Gasteiger partial charge in [-0.25, -0.2) is 8.42 Å². The monoisotopic (exact) mass is 488 g/mol. The van der Waals surface area contributed by atoms with Gasteiger partial charge in [-0.15, -0.1) is 0 Å². The van der Waals surface area contributed by atoms with E-state index in [9.17, 15) is 13.2 Å². The zero-order valence-corrected chi connectivity index (χ0v) is 20.7. The topological polar surface area (TPSA) is 66.9 Å². The Labute approximate surface area is 206 Å². The Morgan fingerprint density at radius 3 is 2.03 bits per heavy atom. The van der Waals surface area contributed by atoms with Gasteiger partial charge in [-0.1, -0.05) is 66.2 Å². The maximum Gasteiger partial charge on any atom is 0.258 e. The molecule has 5 rings (SSSR count). The van der Waals surface area contributed by atoms with Crippen molar-refractivity contribution in [2.75, 3.05) is 32.2 Å². The van der Waals surface area contributed by atoms with Crippen LogP contribution in [0.25, 0.3) is 5.57 Å². The Hall–Kier alpha value is -3.26. The van der Waals surface area contributed by atoms with Crippen molar-refractivity contribution >= 4 is 27.2 Å². The number of carbonyl (C=O) groups is 1. The lowest BCUT2D eigenvalue weighted by Crippen LogP contribution is -2.32. The van der Waals surface area contributed by atoms with Crippen LogP contribution >= 0.6 is 0 Å². The molecular weight excluding hydrogens is 460 g/mol. The average molecular weight is 489 g/mol. The zero-order valence-electron chi connectivity index (χ0n) is 19.8. The summed E-state index contributed by atoms with van der Waals surface area (Å²) in [5.41, 5.74) is 4.82. The van der Waals surface area contributed by atoms with Gasteiger partial charge in [0, 0.05) is 25.2 Å². The summed E-state index contributed by atoms with van der Waals surface area (Å²) in [4.78, 5) is 14.9. The second-order valence-electron chi connectivity index (χ2n) is 8.88. The van der Waals surface area contributed by atoms with Crippen molar-refractivity contribution in [2.24, 2.45) is 0 Å². The van der Waals surface area contributed by atoms with E-state index in [4.69, 9.17) is 4.74 Å². The van der Waals surface area contributed by atoms with E-state index in [2.05, 4.69) is 0 Å². The Balaban J connectivity index is 1.60. The molecule has 0 aromatic heterocycles. The minimum absolute atomic E-state index is 0.0914. The van der Waals surface area contributed by atoms with Crippen LogP contribution in [0, 0.1) is 0 Å². The number of benzene rings is 3. The number of hydrogen-bond acceptors (Lipinski definition) is 4. The number of amides is 1. The van der Waals surface area contributed by atoms with Gasteiger partial charge < -0.3 is 9.64 Å². The van der Waals surface area contributed by atoms with Gasteiger partial charge in [-0.3, -0.25) is 4.79 Å². The molecule has 7 heteroatoms. The molecule has 3 aromatic rings. The molecule has 3 aromatic carbocycles. The van der Waals surface area contributed by atoms with E-state index in [0.717, 1.165) is 22.4 Å². The van der Waals surface area contributed by atoms with Crippen LogP contribution in [-0.4, -0.2) is 45.9 Å². The highest BCUT2D eigenvalue weighted by molar-refractivity contribution is 7.89. The Morgan fingerprint density at radius 1 is 0.886 bits per heavy atom. The molecule has 0 N–H and O–H groups in total. The van der Waals surface area contributed by atoms with Crippen LogP contribution in [0.4, 0.5) is 5.69 Å². The molecule has 0 unspecified atom stereocenters. The van der Waals surface area contributed by atoms with Gasteiger partial charge in [0.15, 0.2) is 0 Å². The van der Waals surface area contributed by atoms with E-state index >= 15 is 0 Å². The fourth-order valence-electron chi connectivity index (χ4n) is 4.96. The molecule has 1 saturated heterocycles. The first-order chi connectivity index (χ1) is 16.9. The number of nitrogens with zero attached hydrogens (tertiary/aromatic N) is 2. The average Bonchev–Trinajstić information content (AvgIpc) is 3.15. The number of rotatable bonds is 5. The number of hydrogen-bond donors (Lipinski definition) is 0. The molecule has 0 aliphatic carbocycles. The quantitative estimate of drug-likeness (QED) is 0.491. The maximum absolute atomic E-state index is 14.0. The Kier molecular flexibility index (Phi) is 6.32. The molecular formula is C28H28N2O4S. The number of fused-ring (bicyclic) bond motifs is 1. The second-order valence-corrected chi connectivity index (χ2v) is 10.9. The molecule has 0 saturated carbocycles. The highest BCUT2D eigenvalue weighted by Gasteiger charge is 2.36. The van der Waals surface area contributed by atoms with Crippen molar-refractivity contribution in [1.82, 2.24) is 4.31 Å². The minimum Gasteiger partial charge on any atom is -0.381 e.